The predicted octanol–water partition coefficient (Wildman–Crippen LogP) is 2.11. The summed E-state index contributed by atoms with van der Waals surface area (Å²) in [4.78, 5) is 10.6. The van der Waals surface area contributed by atoms with Gasteiger partial charge in [0.1, 0.15) is 6.04 Å². The summed E-state index contributed by atoms with van der Waals surface area (Å²) >= 11 is 0. The van der Waals surface area contributed by atoms with Crippen molar-refractivity contribution in [2.24, 2.45) is 0 Å². The molecule has 6 heteroatoms. The quantitative estimate of drug-likeness (QED) is 0.724. The van der Waals surface area contributed by atoms with E-state index in [2.05, 4.69) is 5.32 Å². The molecule has 6 nitrogen and oxygen atoms in total. The van der Waals surface area contributed by atoms with Gasteiger partial charge in [-0.05, 0) is 31.0 Å². The maximum Gasteiger partial charge on any atom is 0.317 e. The van der Waals surface area contributed by atoms with Gasteiger partial charge in [0.2, 0.25) is 0 Å². The summed E-state index contributed by atoms with van der Waals surface area (Å²) in [6.07, 6.45) is 0.883. The smallest absolute Gasteiger partial charge is 0.317 e. The van der Waals surface area contributed by atoms with Gasteiger partial charge in [-0.2, -0.15) is 5.26 Å². The molecule has 1 rings (SSSR count). The predicted molar refractivity (Wildman–Crippen MR) is 77.4 cm³/mol. The third-order valence-electron chi connectivity index (χ3n) is 2.65. The molecule has 1 unspecified atom stereocenters. The topological polar surface area (TPSA) is 91.6 Å². The molecule has 0 aliphatic heterocycles. The number of ether oxygens (including phenoxy) is 2. The van der Waals surface area contributed by atoms with Crippen molar-refractivity contribution in [3.63, 3.8) is 0 Å². The number of nitrogens with zero attached hydrogens (tertiary/aromatic N) is 1. The lowest BCUT2D eigenvalue weighted by Crippen LogP contribution is -2.26. The van der Waals surface area contributed by atoms with Gasteiger partial charge in [-0.15, -0.1) is 0 Å². The molecule has 0 aliphatic rings. The van der Waals surface area contributed by atoms with Crippen molar-refractivity contribution in [1.29, 1.82) is 5.26 Å². The first-order valence-electron chi connectivity index (χ1n) is 6.86. The number of nitrogens with one attached hydrogen (secondary N) is 1. The molecule has 0 aliphatic carbocycles. The van der Waals surface area contributed by atoms with Gasteiger partial charge < -0.3 is 14.6 Å². The molecular formula is C15H20N2O4. The average Bonchev–Trinajstić information content (AvgIpc) is 2.47. The standard InChI is InChI=1S/C15H20N2O4/c1-3-7-21-13-6-5-11(8-14(13)20-4-2)12(9-16)17-10-15(18)19/h5-6,8,12,17H,3-4,7,10H2,1-2H3,(H,18,19). The molecule has 114 valence electrons. The first kappa shape index (κ1) is 16.8. The van der Waals surface area contributed by atoms with E-state index in [1.165, 1.54) is 0 Å². The van der Waals surface area contributed by atoms with E-state index in [9.17, 15) is 4.79 Å². The van der Waals surface area contributed by atoms with E-state index in [1.807, 2.05) is 19.9 Å². The second-order valence-electron chi connectivity index (χ2n) is 4.32. The number of hydrogen-bond acceptors (Lipinski definition) is 5. The van der Waals surface area contributed by atoms with Crippen LogP contribution in [-0.4, -0.2) is 30.8 Å². The number of carbonyl (C=O) groups is 1. The number of benzene rings is 1. The van der Waals surface area contributed by atoms with Crippen molar-refractivity contribution in [2.45, 2.75) is 26.3 Å². The Bertz CT molecular complexity index is 511. The van der Waals surface area contributed by atoms with E-state index >= 15 is 0 Å². The van der Waals surface area contributed by atoms with Gasteiger partial charge in [0.15, 0.2) is 11.5 Å². The van der Waals surface area contributed by atoms with Gasteiger partial charge in [0.25, 0.3) is 0 Å². The molecule has 0 spiro atoms. The van der Waals surface area contributed by atoms with E-state index in [0.717, 1.165) is 6.42 Å². The molecule has 1 aromatic rings. The van der Waals surface area contributed by atoms with Crippen LogP contribution in [0.5, 0.6) is 11.5 Å². The highest BCUT2D eigenvalue weighted by Gasteiger charge is 2.15. The number of hydrogen-bond donors (Lipinski definition) is 2. The minimum atomic E-state index is -1.01. The van der Waals surface area contributed by atoms with Crippen molar-refractivity contribution in [1.82, 2.24) is 5.32 Å². The second-order valence-corrected chi connectivity index (χ2v) is 4.32. The zero-order valence-corrected chi connectivity index (χ0v) is 12.3. The zero-order chi connectivity index (χ0) is 15.7. The van der Waals surface area contributed by atoms with Gasteiger partial charge in [-0.1, -0.05) is 13.0 Å². The van der Waals surface area contributed by atoms with Gasteiger partial charge in [0.05, 0.1) is 25.8 Å². The van der Waals surface area contributed by atoms with E-state index < -0.39 is 12.0 Å². The molecule has 0 amide bonds. The molecule has 0 heterocycles. The van der Waals surface area contributed by atoms with Gasteiger partial charge in [0, 0.05) is 0 Å². The summed E-state index contributed by atoms with van der Waals surface area (Å²) in [6, 6.07) is 6.50. The first-order chi connectivity index (χ1) is 10.1. The molecule has 1 atom stereocenters. The van der Waals surface area contributed by atoms with Gasteiger partial charge in [-0.3, -0.25) is 10.1 Å². The van der Waals surface area contributed by atoms with E-state index in [0.29, 0.717) is 30.3 Å². The van der Waals surface area contributed by atoms with Crippen LogP contribution in [-0.2, 0) is 4.79 Å². The van der Waals surface area contributed by atoms with E-state index in [1.54, 1.807) is 18.2 Å². The Morgan fingerprint density at radius 2 is 2.14 bits per heavy atom. The van der Waals surface area contributed by atoms with Crippen LogP contribution in [0.25, 0.3) is 0 Å². The van der Waals surface area contributed by atoms with Crippen LogP contribution in [0.4, 0.5) is 0 Å². The molecule has 0 saturated carbocycles. The normalized spacial score (nSPS) is 11.5. The third kappa shape index (κ3) is 5.32. The van der Waals surface area contributed by atoms with Crippen molar-refractivity contribution < 1.29 is 19.4 Å². The Hall–Kier alpha value is -2.26. The average molecular weight is 292 g/mol. The van der Waals surface area contributed by atoms with Crippen LogP contribution in [0.1, 0.15) is 31.9 Å². The fourth-order valence-electron chi connectivity index (χ4n) is 1.73. The van der Waals surface area contributed by atoms with Crippen LogP contribution < -0.4 is 14.8 Å². The Morgan fingerprint density at radius 1 is 1.38 bits per heavy atom. The molecular weight excluding hydrogens is 272 g/mol. The minimum Gasteiger partial charge on any atom is -0.490 e. The van der Waals surface area contributed by atoms with Crippen LogP contribution >= 0.6 is 0 Å². The number of rotatable bonds is 9. The SMILES string of the molecule is CCCOc1ccc(C(C#N)NCC(=O)O)cc1OCC. The Balaban J connectivity index is 2.94. The van der Waals surface area contributed by atoms with Crippen molar-refractivity contribution in [3.05, 3.63) is 23.8 Å². The second kappa shape index (κ2) is 8.82. The number of carboxylic acids is 1. The lowest BCUT2D eigenvalue weighted by atomic mass is 10.1. The molecule has 0 bridgehead atoms. The van der Waals surface area contributed by atoms with Crippen molar-refractivity contribution >= 4 is 5.97 Å². The lowest BCUT2D eigenvalue weighted by molar-refractivity contribution is -0.136. The summed E-state index contributed by atoms with van der Waals surface area (Å²) in [5, 5.41) is 20.5. The highest BCUT2D eigenvalue weighted by molar-refractivity contribution is 5.69. The van der Waals surface area contributed by atoms with Crippen molar-refractivity contribution in [3.8, 4) is 17.6 Å². The van der Waals surface area contributed by atoms with Crippen LogP contribution in [0.15, 0.2) is 18.2 Å². The maximum absolute atomic E-state index is 10.6. The largest absolute Gasteiger partial charge is 0.490 e. The molecule has 1 aromatic carbocycles. The Kier molecular flexibility index (Phi) is 7.05. The molecule has 2 N–H and O–H groups in total. The molecule has 0 radical (unpaired) electrons. The minimum absolute atomic E-state index is 0.281. The molecule has 0 fully saturated rings. The van der Waals surface area contributed by atoms with E-state index in [4.69, 9.17) is 19.8 Å². The number of aliphatic carboxylic acids is 1. The molecule has 21 heavy (non-hydrogen) atoms. The summed E-state index contributed by atoms with van der Waals surface area (Å²) in [6.45, 7) is 4.65. The highest BCUT2D eigenvalue weighted by atomic mass is 16.5. The fraction of sp³-hybridized carbons (Fsp3) is 0.467. The van der Waals surface area contributed by atoms with E-state index in [-0.39, 0.29) is 6.54 Å². The maximum atomic E-state index is 10.6. The number of carboxylic acid groups (broad SMARTS) is 1. The van der Waals surface area contributed by atoms with Crippen LogP contribution in [0.3, 0.4) is 0 Å². The zero-order valence-electron chi connectivity index (χ0n) is 12.3. The monoisotopic (exact) mass is 292 g/mol. The number of nitriles is 1. The summed E-state index contributed by atoms with van der Waals surface area (Å²) in [5.74, 6) is 0.168. The van der Waals surface area contributed by atoms with Crippen LogP contribution in [0, 0.1) is 11.3 Å². The fourth-order valence-corrected chi connectivity index (χ4v) is 1.73. The molecule has 0 saturated heterocycles. The molecule has 0 aromatic heterocycles. The summed E-state index contributed by atoms with van der Waals surface area (Å²) < 4.78 is 11.1. The summed E-state index contributed by atoms with van der Waals surface area (Å²) in [7, 11) is 0. The van der Waals surface area contributed by atoms with Gasteiger partial charge in [-0.25, -0.2) is 0 Å². The third-order valence-corrected chi connectivity index (χ3v) is 2.65. The van der Waals surface area contributed by atoms with Gasteiger partial charge >= 0.3 is 5.97 Å². The highest BCUT2D eigenvalue weighted by Crippen LogP contribution is 2.30. The first-order valence-corrected chi connectivity index (χ1v) is 6.86. The lowest BCUT2D eigenvalue weighted by Gasteiger charge is -2.15. The van der Waals surface area contributed by atoms with Crippen molar-refractivity contribution in [2.75, 3.05) is 19.8 Å². The van der Waals surface area contributed by atoms with Crippen LogP contribution in [0.2, 0.25) is 0 Å². The Labute approximate surface area is 124 Å². The Morgan fingerprint density at radius 3 is 2.71 bits per heavy atom. The summed E-state index contributed by atoms with van der Waals surface area (Å²) in [5.41, 5.74) is 0.644.